The van der Waals surface area contributed by atoms with Crippen molar-refractivity contribution in [2.24, 2.45) is 0 Å². The number of fused-ring (bicyclic) bond motifs is 1. The maximum Gasteiger partial charge on any atom is 0.164 e. The van der Waals surface area contributed by atoms with E-state index in [9.17, 15) is 0 Å². The Balaban J connectivity index is 1.30. The summed E-state index contributed by atoms with van der Waals surface area (Å²) in [5.41, 5.74) is 7.67. The Kier molecular flexibility index (Phi) is 7.04. The lowest BCUT2D eigenvalue weighted by molar-refractivity contribution is 1.07. The number of hydrogen-bond donors (Lipinski definition) is 0. The number of benzene rings is 5. The Morgan fingerprint density at radius 2 is 0.977 bits per heavy atom. The van der Waals surface area contributed by atoms with Gasteiger partial charge in [0.2, 0.25) is 0 Å². The van der Waals surface area contributed by atoms with Gasteiger partial charge in [-0.15, -0.1) is 0 Å². The maximum atomic E-state index is 5.03. The summed E-state index contributed by atoms with van der Waals surface area (Å²) in [6, 6.07) is 46.7. The molecule has 0 amide bonds. The molecule has 43 heavy (non-hydrogen) atoms. The van der Waals surface area contributed by atoms with Gasteiger partial charge in [0.15, 0.2) is 23.3 Å². The van der Waals surface area contributed by atoms with Crippen LogP contribution in [-0.2, 0) is 0 Å². The van der Waals surface area contributed by atoms with Crippen LogP contribution in [0.5, 0.6) is 0 Å². The molecule has 0 bridgehead atoms. The summed E-state index contributed by atoms with van der Waals surface area (Å²) in [6.45, 7) is 2.05. The van der Waals surface area contributed by atoms with E-state index in [4.69, 9.17) is 24.9 Å². The SMILES string of the molecule is C/C(=C/c1cccc(-c2nc(-c3ccccc3)nc(-c3ccccc3)n2)c1)c1nc(-c2ccccc2)c2ccccc2n1. The first-order valence-corrected chi connectivity index (χ1v) is 14.2. The van der Waals surface area contributed by atoms with E-state index in [1.165, 1.54) is 0 Å². The first-order valence-electron chi connectivity index (χ1n) is 14.2. The summed E-state index contributed by atoms with van der Waals surface area (Å²) in [5.74, 6) is 2.59. The largest absolute Gasteiger partial charge is 0.228 e. The number of rotatable bonds is 6. The van der Waals surface area contributed by atoms with Gasteiger partial charge in [-0.25, -0.2) is 24.9 Å². The Morgan fingerprint density at radius 3 is 1.60 bits per heavy atom. The molecule has 2 heterocycles. The Hall–Kier alpha value is -5.81. The van der Waals surface area contributed by atoms with Crippen molar-refractivity contribution < 1.29 is 0 Å². The molecule has 5 nitrogen and oxygen atoms in total. The van der Waals surface area contributed by atoms with Crippen LogP contribution in [0.3, 0.4) is 0 Å². The topological polar surface area (TPSA) is 64.5 Å². The van der Waals surface area contributed by atoms with Crippen molar-refractivity contribution in [2.45, 2.75) is 6.92 Å². The van der Waals surface area contributed by atoms with Crippen molar-refractivity contribution in [1.82, 2.24) is 24.9 Å². The molecule has 0 unspecified atom stereocenters. The standard InChI is InChI=1S/C38H27N5/c1-26(35-39-33-23-12-11-22-32(33)34(40-35)28-15-5-2-6-16-28)24-27-14-13-21-31(25-27)38-42-36(29-17-7-3-8-18-29)41-37(43-38)30-19-9-4-10-20-30/h2-25H,1H3/b26-24-. The number of para-hydroxylation sites is 1. The van der Waals surface area contributed by atoms with Crippen LogP contribution in [0.1, 0.15) is 18.3 Å². The molecule has 7 rings (SSSR count). The van der Waals surface area contributed by atoms with E-state index >= 15 is 0 Å². The van der Waals surface area contributed by atoms with Crippen LogP contribution >= 0.6 is 0 Å². The molecule has 0 saturated carbocycles. The van der Waals surface area contributed by atoms with Crippen LogP contribution in [0.2, 0.25) is 0 Å². The quantitative estimate of drug-likeness (QED) is 0.206. The van der Waals surface area contributed by atoms with Crippen LogP contribution in [0.4, 0.5) is 0 Å². The fourth-order valence-electron chi connectivity index (χ4n) is 5.09. The van der Waals surface area contributed by atoms with Crippen molar-refractivity contribution in [3.63, 3.8) is 0 Å². The summed E-state index contributed by atoms with van der Waals surface area (Å²) in [5, 5.41) is 1.03. The molecule has 0 fully saturated rings. The number of hydrogen-bond acceptors (Lipinski definition) is 5. The van der Waals surface area contributed by atoms with Crippen LogP contribution in [0.25, 0.3) is 68.0 Å². The molecule has 0 atom stereocenters. The zero-order valence-electron chi connectivity index (χ0n) is 23.6. The number of aromatic nitrogens is 5. The van der Waals surface area contributed by atoms with Gasteiger partial charge in [0, 0.05) is 27.6 Å². The minimum atomic E-state index is 0.619. The van der Waals surface area contributed by atoms with Gasteiger partial charge < -0.3 is 0 Å². The van der Waals surface area contributed by atoms with Crippen molar-refractivity contribution in [2.75, 3.05) is 0 Å². The zero-order chi connectivity index (χ0) is 29.0. The second-order valence-corrected chi connectivity index (χ2v) is 10.3. The van der Waals surface area contributed by atoms with Gasteiger partial charge in [-0.1, -0.05) is 127 Å². The monoisotopic (exact) mass is 553 g/mol. The van der Waals surface area contributed by atoms with E-state index in [0.717, 1.165) is 50.0 Å². The second kappa shape index (κ2) is 11.6. The third-order valence-electron chi connectivity index (χ3n) is 7.23. The van der Waals surface area contributed by atoms with Gasteiger partial charge >= 0.3 is 0 Å². The highest BCUT2D eigenvalue weighted by molar-refractivity contribution is 5.94. The van der Waals surface area contributed by atoms with Crippen molar-refractivity contribution in [3.8, 4) is 45.4 Å². The molecule has 0 saturated heterocycles. The molecule has 204 valence electrons. The summed E-state index contributed by atoms with van der Waals surface area (Å²) < 4.78 is 0. The Labute approximate surface area is 250 Å². The molecule has 7 aromatic rings. The summed E-state index contributed by atoms with van der Waals surface area (Å²) in [7, 11) is 0. The maximum absolute atomic E-state index is 5.03. The minimum Gasteiger partial charge on any atom is -0.228 e. The van der Waals surface area contributed by atoms with Crippen LogP contribution in [0.15, 0.2) is 140 Å². The lowest BCUT2D eigenvalue weighted by atomic mass is 10.0. The molecule has 5 aromatic carbocycles. The van der Waals surface area contributed by atoms with Gasteiger partial charge in [-0.05, 0) is 36.3 Å². The number of allylic oxidation sites excluding steroid dienone is 1. The molecular weight excluding hydrogens is 526 g/mol. The highest BCUT2D eigenvalue weighted by Gasteiger charge is 2.13. The van der Waals surface area contributed by atoms with Crippen molar-refractivity contribution in [3.05, 3.63) is 151 Å². The van der Waals surface area contributed by atoms with Gasteiger partial charge in [0.05, 0.1) is 11.2 Å². The fourth-order valence-corrected chi connectivity index (χ4v) is 5.09. The summed E-state index contributed by atoms with van der Waals surface area (Å²) in [4.78, 5) is 24.5. The van der Waals surface area contributed by atoms with Gasteiger partial charge in [0.25, 0.3) is 0 Å². The third kappa shape index (κ3) is 5.56. The van der Waals surface area contributed by atoms with E-state index in [0.29, 0.717) is 23.3 Å². The van der Waals surface area contributed by atoms with E-state index in [1.54, 1.807) is 0 Å². The van der Waals surface area contributed by atoms with Gasteiger partial charge in [-0.3, -0.25) is 0 Å². The highest BCUT2D eigenvalue weighted by Crippen LogP contribution is 2.29. The predicted octanol–water partition coefficient (Wildman–Crippen LogP) is 9.04. The molecule has 0 spiro atoms. The smallest absolute Gasteiger partial charge is 0.164 e. The van der Waals surface area contributed by atoms with Crippen LogP contribution < -0.4 is 0 Å². The van der Waals surface area contributed by atoms with E-state index in [-0.39, 0.29) is 0 Å². The third-order valence-corrected chi connectivity index (χ3v) is 7.23. The van der Waals surface area contributed by atoms with Crippen molar-refractivity contribution >= 4 is 22.6 Å². The molecule has 0 aliphatic carbocycles. The molecule has 5 heteroatoms. The van der Waals surface area contributed by atoms with Crippen LogP contribution in [0, 0.1) is 0 Å². The molecule has 0 N–H and O–H groups in total. The van der Waals surface area contributed by atoms with E-state index in [2.05, 4.69) is 43.3 Å². The van der Waals surface area contributed by atoms with E-state index < -0.39 is 0 Å². The lowest BCUT2D eigenvalue weighted by Crippen LogP contribution is -2.00. The Bertz CT molecular complexity index is 2010. The van der Waals surface area contributed by atoms with Gasteiger partial charge in [0.1, 0.15) is 0 Å². The first-order chi connectivity index (χ1) is 21.2. The fraction of sp³-hybridized carbons (Fsp3) is 0.0263. The molecule has 0 aliphatic heterocycles. The first kappa shape index (κ1) is 26.1. The number of nitrogens with zero attached hydrogens (tertiary/aromatic N) is 5. The molecule has 2 aromatic heterocycles. The van der Waals surface area contributed by atoms with Gasteiger partial charge in [-0.2, -0.15) is 0 Å². The molecule has 0 radical (unpaired) electrons. The zero-order valence-corrected chi connectivity index (χ0v) is 23.6. The average molecular weight is 554 g/mol. The summed E-state index contributed by atoms with van der Waals surface area (Å²) >= 11 is 0. The molecular formula is C38H27N5. The second-order valence-electron chi connectivity index (χ2n) is 10.3. The highest BCUT2D eigenvalue weighted by atomic mass is 15.0. The average Bonchev–Trinajstić information content (AvgIpc) is 3.09. The normalized spacial score (nSPS) is 11.5. The van der Waals surface area contributed by atoms with E-state index in [1.807, 2.05) is 109 Å². The Morgan fingerprint density at radius 1 is 0.465 bits per heavy atom. The predicted molar refractivity (Wildman–Crippen MR) is 175 cm³/mol. The lowest BCUT2D eigenvalue weighted by Gasteiger charge is -2.10. The van der Waals surface area contributed by atoms with Crippen molar-refractivity contribution in [1.29, 1.82) is 0 Å². The minimum absolute atomic E-state index is 0.619. The van der Waals surface area contributed by atoms with Crippen LogP contribution in [-0.4, -0.2) is 24.9 Å². The summed E-state index contributed by atoms with van der Waals surface area (Å²) in [6.07, 6.45) is 2.11. The molecule has 0 aliphatic rings.